The molecule has 1 aromatic rings. The van der Waals surface area contributed by atoms with Crippen molar-refractivity contribution < 1.29 is 18.3 Å². The lowest BCUT2D eigenvalue weighted by atomic mass is 10.3. The lowest BCUT2D eigenvalue weighted by Crippen LogP contribution is -2.20. The van der Waals surface area contributed by atoms with Crippen LogP contribution >= 0.6 is 0 Å². The molecule has 0 atom stereocenters. The van der Waals surface area contributed by atoms with Gasteiger partial charge in [0.15, 0.2) is 6.61 Å². The smallest absolute Gasteiger partial charge is 0.278 e. The summed E-state index contributed by atoms with van der Waals surface area (Å²) >= 11 is 0. The molecule has 0 spiro atoms. The van der Waals surface area contributed by atoms with Crippen molar-refractivity contribution >= 4 is 11.8 Å². The highest BCUT2D eigenvalue weighted by molar-refractivity contribution is 5.49. The lowest BCUT2D eigenvalue weighted by Gasteiger charge is -2.11. The second-order valence-corrected chi connectivity index (χ2v) is 3.06. The van der Waals surface area contributed by atoms with Crippen LogP contribution in [-0.2, 0) is 4.79 Å². The Morgan fingerprint density at radius 3 is 2.47 bits per heavy atom. The van der Waals surface area contributed by atoms with Crippen LogP contribution < -0.4 is 4.74 Å². The van der Waals surface area contributed by atoms with Crippen molar-refractivity contribution in [3.05, 3.63) is 24.3 Å². The maximum absolute atomic E-state index is 12.4. The number of carbonyl (C=O) groups excluding carboxylic acids is 1. The molecule has 0 unspecified atom stereocenters. The quantitative estimate of drug-likeness (QED) is 0.569. The zero-order chi connectivity index (χ0) is 11.3. The molecule has 0 aromatic heterocycles. The molecule has 3 nitrogen and oxygen atoms in total. The second-order valence-electron chi connectivity index (χ2n) is 3.06. The molecule has 15 heavy (non-hydrogen) atoms. The van der Waals surface area contributed by atoms with E-state index < -0.39 is 12.5 Å². The van der Waals surface area contributed by atoms with Crippen LogP contribution in [0.1, 0.15) is 6.92 Å². The van der Waals surface area contributed by atoms with Gasteiger partial charge >= 0.3 is 0 Å². The molecule has 0 bridgehead atoms. The Kier molecular flexibility index (Phi) is 3.52. The van der Waals surface area contributed by atoms with Gasteiger partial charge in [0, 0.05) is 6.92 Å². The minimum atomic E-state index is -2.86. The van der Waals surface area contributed by atoms with Gasteiger partial charge in [0.25, 0.3) is 5.92 Å². The first-order chi connectivity index (χ1) is 7.01. The van der Waals surface area contributed by atoms with Crippen molar-refractivity contribution in [2.45, 2.75) is 12.8 Å². The number of isocyanates is 1. The van der Waals surface area contributed by atoms with Gasteiger partial charge in [-0.1, -0.05) is 0 Å². The molecule has 0 heterocycles. The van der Waals surface area contributed by atoms with Gasteiger partial charge in [-0.15, -0.1) is 0 Å². The van der Waals surface area contributed by atoms with Gasteiger partial charge in [-0.2, -0.15) is 4.99 Å². The monoisotopic (exact) mass is 213 g/mol. The van der Waals surface area contributed by atoms with E-state index in [1.807, 2.05) is 0 Å². The molecule has 0 aliphatic rings. The van der Waals surface area contributed by atoms with E-state index in [0.29, 0.717) is 11.4 Å². The maximum Gasteiger partial charge on any atom is 0.278 e. The minimum Gasteiger partial charge on any atom is -0.487 e. The molecule has 1 rings (SSSR count). The topological polar surface area (TPSA) is 38.7 Å². The van der Waals surface area contributed by atoms with Gasteiger partial charge in [-0.05, 0) is 24.3 Å². The largest absolute Gasteiger partial charge is 0.487 e. The molecule has 1 aromatic carbocycles. The normalized spacial score (nSPS) is 10.6. The number of alkyl halides is 2. The highest BCUT2D eigenvalue weighted by Gasteiger charge is 2.21. The number of benzene rings is 1. The summed E-state index contributed by atoms with van der Waals surface area (Å²) in [5, 5.41) is 0. The fraction of sp³-hybridized carbons (Fsp3) is 0.300. The Morgan fingerprint density at radius 2 is 2.00 bits per heavy atom. The first kappa shape index (κ1) is 11.3. The van der Waals surface area contributed by atoms with Crippen LogP contribution in [0.15, 0.2) is 29.3 Å². The van der Waals surface area contributed by atoms with E-state index in [9.17, 15) is 13.6 Å². The summed E-state index contributed by atoms with van der Waals surface area (Å²) in [4.78, 5) is 13.2. The fourth-order valence-corrected chi connectivity index (χ4v) is 0.880. The predicted molar refractivity (Wildman–Crippen MR) is 50.3 cm³/mol. The number of nitrogens with zero attached hydrogens (tertiary/aromatic N) is 1. The zero-order valence-corrected chi connectivity index (χ0v) is 8.04. The van der Waals surface area contributed by atoms with Crippen LogP contribution in [0.25, 0.3) is 0 Å². The second kappa shape index (κ2) is 4.66. The van der Waals surface area contributed by atoms with Crippen molar-refractivity contribution in [3.8, 4) is 5.75 Å². The van der Waals surface area contributed by atoms with E-state index in [1.54, 1.807) is 0 Å². The van der Waals surface area contributed by atoms with Crippen LogP contribution in [0.5, 0.6) is 5.75 Å². The highest BCUT2D eigenvalue weighted by Crippen LogP contribution is 2.20. The number of rotatable bonds is 4. The predicted octanol–water partition coefficient (Wildman–Crippen LogP) is 2.69. The number of hydrogen-bond acceptors (Lipinski definition) is 3. The van der Waals surface area contributed by atoms with E-state index in [1.165, 1.54) is 30.3 Å². The molecule has 0 amide bonds. The number of hydrogen-bond donors (Lipinski definition) is 0. The molecule has 5 heteroatoms. The summed E-state index contributed by atoms with van der Waals surface area (Å²) in [6.45, 7) is 0.0986. The van der Waals surface area contributed by atoms with E-state index in [-0.39, 0.29) is 0 Å². The molecule has 80 valence electrons. The van der Waals surface area contributed by atoms with Crippen molar-refractivity contribution in [2.24, 2.45) is 4.99 Å². The maximum atomic E-state index is 12.4. The fourth-order valence-electron chi connectivity index (χ4n) is 0.880. The van der Waals surface area contributed by atoms with Crippen molar-refractivity contribution in [1.29, 1.82) is 0 Å². The molecule has 0 fully saturated rings. The molecular weight excluding hydrogens is 204 g/mol. The number of ether oxygens (including phenoxy) is 1. The van der Waals surface area contributed by atoms with Crippen LogP contribution in [0.3, 0.4) is 0 Å². The van der Waals surface area contributed by atoms with Gasteiger partial charge in [-0.25, -0.2) is 13.6 Å². The summed E-state index contributed by atoms with van der Waals surface area (Å²) in [7, 11) is 0. The minimum absolute atomic E-state index is 0.307. The summed E-state index contributed by atoms with van der Waals surface area (Å²) in [5.74, 6) is -2.55. The van der Waals surface area contributed by atoms with Gasteiger partial charge in [-0.3, -0.25) is 0 Å². The molecule has 0 saturated heterocycles. The summed E-state index contributed by atoms with van der Waals surface area (Å²) in [6, 6.07) is 5.88. The summed E-state index contributed by atoms with van der Waals surface area (Å²) in [5.41, 5.74) is 0.403. The Balaban J connectivity index is 2.61. The standard InChI is InChI=1S/C10H9F2NO2/c1-10(11,12)6-15-9-4-2-8(3-5-9)13-7-14/h2-5H,6H2,1H3. The van der Waals surface area contributed by atoms with Crippen LogP contribution in [-0.4, -0.2) is 18.6 Å². The summed E-state index contributed by atoms with van der Waals surface area (Å²) in [6.07, 6.45) is 1.37. The van der Waals surface area contributed by atoms with Crippen LogP contribution in [0, 0.1) is 0 Å². The average molecular weight is 213 g/mol. The Hall–Kier alpha value is -1.74. The Morgan fingerprint density at radius 1 is 1.40 bits per heavy atom. The molecule has 0 N–H and O–H groups in total. The third-order valence-electron chi connectivity index (χ3n) is 1.50. The first-order valence-electron chi connectivity index (χ1n) is 4.20. The van der Waals surface area contributed by atoms with E-state index in [4.69, 9.17) is 4.74 Å². The summed E-state index contributed by atoms with van der Waals surface area (Å²) < 4.78 is 29.6. The van der Waals surface area contributed by atoms with Crippen molar-refractivity contribution in [3.63, 3.8) is 0 Å². The Bertz CT molecular complexity index is 364. The van der Waals surface area contributed by atoms with Crippen molar-refractivity contribution in [2.75, 3.05) is 6.61 Å². The van der Waals surface area contributed by atoms with E-state index in [2.05, 4.69) is 4.99 Å². The third-order valence-corrected chi connectivity index (χ3v) is 1.50. The van der Waals surface area contributed by atoms with E-state index in [0.717, 1.165) is 6.92 Å². The molecule has 0 aliphatic heterocycles. The van der Waals surface area contributed by atoms with Gasteiger partial charge in [0.05, 0.1) is 5.69 Å². The molecular formula is C10H9F2NO2. The zero-order valence-electron chi connectivity index (χ0n) is 8.04. The molecule has 0 aliphatic carbocycles. The SMILES string of the molecule is CC(F)(F)COc1ccc(N=C=O)cc1. The van der Waals surface area contributed by atoms with E-state index >= 15 is 0 Å². The number of aliphatic imine (C=N–C) groups is 1. The van der Waals surface area contributed by atoms with Crippen LogP contribution in [0.4, 0.5) is 14.5 Å². The molecule has 0 radical (unpaired) electrons. The molecule has 0 saturated carbocycles. The van der Waals surface area contributed by atoms with Gasteiger partial charge < -0.3 is 4.74 Å². The average Bonchev–Trinajstić information content (AvgIpc) is 2.16. The van der Waals surface area contributed by atoms with Crippen molar-refractivity contribution in [1.82, 2.24) is 0 Å². The first-order valence-corrected chi connectivity index (χ1v) is 4.20. The van der Waals surface area contributed by atoms with Gasteiger partial charge in [0.2, 0.25) is 6.08 Å². The highest BCUT2D eigenvalue weighted by atomic mass is 19.3. The lowest BCUT2D eigenvalue weighted by molar-refractivity contribution is -0.0229. The Labute approximate surface area is 85.4 Å². The van der Waals surface area contributed by atoms with Crippen LogP contribution in [0.2, 0.25) is 0 Å². The number of halogens is 2. The van der Waals surface area contributed by atoms with Gasteiger partial charge in [0.1, 0.15) is 5.75 Å². The third kappa shape index (κ3) is 4.33.